The minimum Gasteiger partial charge on any atom is -0.379 e. The van der Waals surface area contributed by atoms with Crippen LogP contribution < -0.4 is 5.32 Å². The normalized spacial score (nSPS) is 13.6. The fraction of sp³-hybridized carbons (Fsp3) is 0.857. The summed E-state index contributed by atoms with van der Waals surface area (Å²) in [6.07, 6.45) is 0.891. The van der Waals surface area contributed by atoms with Crippen LogP contribution in [-0.4, -0.2) is 24.2 Å². The first-order valence-corrected chi connectivity index (χ1v) is 3.52. The molecule has 0 aliphatic rings. The second-order valence-corrected chi connectivity index (χ2v) is 2.72. The van der Waals surface area contributed by atoms with E-state index in [4.69, 9.17) is 5.11 Å². The van der Waals surface area contributed by atoms with E-state index in [1.54, 1.807) is 0 Å². The number of aliphatic hydroxyl groups is 1. The van der Waals surface area contributed by atoms with Gasteiger partial charge in [-0.3, -0.25) is 5.32 Å². The first kappa shape index (κ1) is 9.59. The van der Waals surface area contributed by atoms with Gasteiger partial charge in [-0.2, -0.15) is 0 Å². The van der Waals surface area contributed by atoms with E-state index in [1.165, 1.54) is 0 Å². The van der Waals surface area contributed by atoms with Gasteiger partial charge in [-0.25, -0.2) is 0 Å². The molecule has 2 N–H and O–H groups in total. The zero-order valence-electron chi connectivity index (χ0n) is 6.50. The van der Waals surface area contributed by atoms with E-state index in [0.29, 0.717) is 12.3 Å². The molecule has 0 rings (SSSR count). The maximum Gasteiger partial charge on any atom is 0.133 e. The smallest absolute Gasteiger partial charge is 0.133 e. The topological polar surface area (TPSA) is 49.3 Å². The van der Waals surface area contributed by atoms with Crippen molar-refractivity contribution in [1.29, 1.82) is 0 Å². The number of aldehydes is 1. The van der Waals surface area contributed by atoms with Crippen LogP contribution in [-0.2, 0) is 4.79 Å². The van der Waals surface area contributed by atoms with E-state index >= 15 is 0 Å². The van der Waals surface area contributed by atoms with E-state index < -0.39 is 6.23 Å². The zero-order valence-corrected chi connectivity index (χ0v) is 6.50. The summed E-state index contributed by atoms with van der Waals surface area (Å²) < 4.78 is 0. The second-order valence-electron chi connectivity index (χ2n) is 2.72. The minimum atomic E-state index is -0.537. The highest BCUT2D eigenvalue weighted by atomic mass is 16.3. The van der Waals surface area contributed by atoms with Crippen LogP contribution in [0.4, 0.5) is 0 Å². The molecular formula is C7H15NO2. The number of carbonyl (C=O) groups excluding carboxylic acids is 1. The highest BCUT2D eigenvalue weighted by molar-refractivity contribution is 5.51. The molecule has 3 heteroatoms. The van der Waals surface area contributed by atoms with Crippen LogP contribution in [0.15, 0.2) is 0 Å². The number of hydrogen-bond acceptors (Lipinski definition) is 3. The van der Waals surface area contributed by atoms with Gasteiger partial charge >= 0.3 is 0 Å². The van der Waals surface area contributed by atoms with Crippen LogP contribution in [0.2, 0.25) is 0 Å². The summed E-state index contributed by atoms with van der Waals surface area (Å²) in [5.41, 5.74) is 0. The molecule has 0 saturated carbocycles. The lowest BCUT2D eigenvalue weighted by Crippen LogP contribution is -2.31. The molecule has 1 atom stereocenters. The molecule has 0 aliphatic heterocycles. The lowest BCUT2D eigenvalue weighted by molar-refractivity contribution is -0.107. The molecule has 3 nitrogen and oxygen atoms in total. The molecule has 10 heavy (non-hydrogen) atoms. The van der Waals surface area contributed by atoms with Gasteiger partial charge in [-0.05, 0) is 12.3 Å². The maximum atomic E-state index is 9.82. The van der Waals surface area contributed by atoms with Crippen molar-refractivity contribution in [2.45, 2.75) is 26.5 Å². The Morgan fingerprint density at radius 3 is 2.60 bits per heavy atom. The van der Waals surface area contributed by atoms with Crippen molar-refractivity contribution in [3.05, 3.63) is 0 Å². The van der Waals surface area contributed by atoms with Gasteiger partial charge < -0.3 is 9.90 Å². The minimum absolute atomic E-state index is 0.230. The van der Waals surface area contributed by atoms with Gasteiger partial charge in [0.2, 0.25) is 0 Å². The third-order valence-corrected chi connectivity index (χ3v) is 1.13. The first-order chi connectivity index (χ1) is 4.66. The van der Waals surface area contributed by atoms with Crippen molar-refractivity contribution in [1.82, 2.24) is 5.32 Å². The Morgan fingerprint density at radius 1 is 1.60 bits per heavy atom. The molecule has 0 aromatic rings. The lowest BCUT2D eigenvalue weighted by atomic mass is 10.1. The van der Waals surface area contributed by atoms with Crippen LogP contribution in [0, 0.1) is 5.92 Å². The maximum absolute atomic E-state index is 9.82. The molecule has 0 aromatic carbocycles. The van der Waals surface area contributed by atoms with Gasteiger partial charge in [0.25, 0.3) is 0 Å². The molecule has 0 unspecified atom stereocenters. The van der Waals surface area contributed by atoms with E-state index in [2.05, 4.69) is 5.32 Å². The Kier molecular flexibility index (Phi) is 5.16. The summed E-state index contributed by atoms with van der Waals surface area (Å²) in [6, 6.07) is 0. The van der Waals surface area contributed by atoms with Crippen LogP contribution >= 0.6 is 0 Å². The van der Waals surface area contributed by atoms with Crippen molar-refractivity contribution in [2.75, 3.05) is 6.54 Å². The summed E-state index contributed by atoms with van der Waals surface area (Å²) in [5, 5.41) is 11.7. The second kappa shape index (κ2) is 5.38. The van der Waals surface area contributed by atoms with Crippen molar-refractivity contribution < 1.29 is 9.90 Å². The van der Waals surface area contributed by atoms with Gasteiger partial charge in [-0.15, -0.1) is 0 Å². The Morgan fingerprint density at radius 2 is 2.20 bits per heavy atom. The van der Waals surface area contributed by atoms with E-state index in [9.17, 15) is 4.79 Å². The van der Waals surface area contributed by atoms with Crippen molar-refractivity contribution in [2.24, 2.45) is 5.92 Å². The summed E-state index contributed by atoms with van der Waals surface area (Å²) in [7, 11) is 0. The summed E-state index contributed by atoms with van der Waals surface area (Å²) in [4.78, 5) is 9.82. The lowest BCUT2D eigenvalue weighted by Gasteiger charge is -2.12. The first-order valence-electron chi connectivity index (χ1n) is 3.52. The Balaban J connectivity index is 3.24. The third kappa shape index (κ3) is 5.72. The molecule has 0 saturated heterocycles. The van der Waals surface area contributed by atoms with E-state index in [1.807, 2.05) is 13.8 Å². The molecule has 0 aromatic heterocycles. The van der Waals surface area contributed by atoms with Gasteiger partial charge in [0.1, 0.15) is 12.5 Å². The van der Waals surface area contributed by atoms with Crippen LogP contribution in [0.5, 0.6) is 0 Å². The molecule has 0 amide bonds. The quantitative estimate of drug-likeness (QED) is 0.427. The molecule has 0 spiro atoms. The van der Waals surface area contributed by atoms with Gasteiger partial charge in [0.05, 0.1) is 6.54 Å². The largest absolute Gasteiger partial charge is 0.379 e. The number of hydrogen-bond donors (Lipinski definition) is 2. The third-order valence-electron chi connectivity index (χ3n) is 1.13. The van der Waals surface area contributed by atoms with Crippen molar-refractivity contribution in [3.8, 4) is 0 Å². The predicted octanol–water partition coefficient (Wildman–Crippen LogP) is 0.139. The van der Waals surface area contributed by atoms with Crippen molar-refractivity contribution >= 4 is 6.29 Å². The van der Waals surface area contributed by atoms with Crippen LogP contribution in [0.25, 0.3) is 0 Å². The molecular weight excluding hydrogens is 130 g/mol. The van der Waals surface area contributed by atoms with Crippen LogP contribution in [0.1, 0.15) is 20.3 Å². The summed E-state index contributed by atoms with van der Waals surface area (Å²) in [5.74, 6) is 0.453. The fourth-order valence-corrected chi connectivity index (χ4v) is 0.714. The average Bonchev–Trinajstić information content (AvgIpc) is 1.82. The Hall–Kier alpha value is -0.410. The Bertz CT molecular complexity index is 93.6. The van der Waals surface area contributed by atoms with Gasteiger partial charge in [0.15, 0.2) is 0 Å². The molecule has 0 radical (unpaired) electrons. The molecule has 0 bridgehead atoms. The number of nitrogens with one attached hydrogen (secondary N) is 1. The fourth-order valence-electron chi connectivity index (χ4n) is 0.714. The highest BCUT2D eigenvalue weighted by Crippen LogP contribution is 2.00. The molecule has 0 heterocycles. The number of aliphatic hydroxyl groups excluding tert-OH is 1. The molecule has 0 fully saturated rings. The van der Waals surface area contributed by atoms with E-state index in [0.717, 1.165) is 6.29 Å². The Labute approximate surface area is 61.4 Å². The molecule has 0 aliphatic carbocycles. The zero-order chi connectivity index (χ0) is 7.98. The predicted molar refractivity (Wildman–Crippen MR) is 39.5 cm³/mol. The summed E-state index contributed by atoms with van der Waals surface area (Å²) >= 11 is 0. The van der Waals surface area contributed by atoms with E-state index in [-0.39, 0.29) is 6.54 Å². The number of carbonyl (C=O) groups is 1. The van der Waals surface area contributed by atoms with Crippen LogP contribution in [0.3, 0.4) is 0 Å². The monoisotopic (exact) mass is 145 g/mol. The molecule has 60 valence electrons. The number of rotatable bonds is 5. The average molecular weight is 145 g/mol. The summed E-state index contributed by atoms with van der Waals surface area (Å²) in [6.45, 7) is 4.27. The van der Waals surface area contributed by atoms with Crippen molar-refractivity contribution in [3.63, 3.8) is 0 Å². The highest BCUT2D eigenvalue weighted by Gasteiger charge is 2.03. The van der Waals surface area contributed by atoms with Gasteiger partial charge in [-0.1, -0.05) is 13.8 Å². The SMILES string of the molecule is CC(C)C[C@H](O)NCC=O. The van der Waals surface area contributed by atoms with Gasteiger partial charge in [0, 0.05) is 0 Å². The standard InChI is InChI=1S/C7H15NO2/c1-6(2)5-7(10)8-3-4-9/h4,6-8,10H,3,5H2,1-2H3/t7-/m0/s1.